The summed E-state index contributed by atoms with van der Waals surface area (Å²) in [6.07, 6.45) is -0.107. The summed E-state index contributed by atoms with van der Waals surface area (Å²) in [4.78, 5) is 25.4. The molecule has 1 aliphatic heterocycles. The fourth-order valence-corrected chi connectivity index (χ4v) is 2.85. The minimum atomic E-state index is -0.731. The Kier molecular flexibility index (Phi) is 4.23. The predicted molar refractivity (Wildman–Crippen MR) is 64.8 cm³/mol. The Morgan fingerprint density at radius 1 is 1.39 bits per heavy atom. The number of nitrogens with zero attached hydrogens (tertiary/aromatic N) is 1. The van der Waals surface area contributed by atoms with Gasteiger partial charge in [0.1, 0.15) is 12.8 Å². The Bertz CT molecular complexity index is 534. The van der Waals surface area contributed by atoms with Gasteiger partial charge in [0.2, 0.25) is 0 Å². The highest BCUT2D eigenvalue weighted by molar-refractivity contribution is 7.99. The molecule has 2 rings (SSSR count). The van der Waals surface area contributed by atoms with E-state index in [1.165, 1.54) is 16.3 Å². The van der Waals surface area contributed by atoms with Gasteiger partial charge in [-0.05, 0) is 6.42 Å². The van der Waals surface area contributed by atoms with Crippen LogP contribution in [-0.4, -0.2) is 44.8 Å². The second kappa shape index (κ2) is 5.70. The minimum absolute atomic E-state index is 0.100. The van der Waals surface area contributed by atoms with Gasteiger partial charge < -0.3 is 14.9 Å². The van der Waals surface area contributed by atoms with E-state index in [9.17, 15) is 9.59 Å². The maximum absolute atomic E-state index is 11.7. The fourth-order valence-electron chi connectivity index (χ4n) is 1.69. The Morgan fingerprint density at radius 2 is 2.11 bits per heavy atom. The largest absolute Gasteiger partial charge is 0.394 e. The van der Waals surface area contributed by atoms with Gasteiger partial charge in [0.05, 0.1) is 18.2 Å². The van der Waals surface area contributed by atoms with Crippen molar-refractivity contribution >= 4 is 11.8 Å². The molecule has 0 aliphatic carbocycles. The fraction of sp³-hybridized carbons (Fsp3) is 0.600. The molecular weight excluding hydrogens is 260 g/mol. The van der Waals surface area contributed by atoms with Crippen molar-refractivity contribution in [1.29, 1.82) is 0 Å². The van der Waals surface area contributed by atoms with Gasteiger partial charge in [-0.3, -0.25) is 14.3 Å². The lowest BCUT2D eigenvalue weighted by atomic mass is 10.3. The monoisotopic (exact) mass is 274 g/mol. The molecule has 8 heteroatoms. The van der Waals surface area contributed by atoms with Crippen molar-refractivity contribution in [1.82, 2.24) is 9.55 Å². The van der Waals surface area contributed by atoms with Crippen LogP contribution in [0.4, 0.5) is 0 Å². The highest BCUT2D eigenvalue weighted by Crippen LogP contribution is 2.27. The molecule has 0 bridgehead atoms. The molecule has 0 atom stereocenters. The highest BCUT2D eigenvalue weighted by Gasteiger charge is 2.21. The summed E-state index contributed by atoms with van der Waals surface area (Å²) in [6, 6.07) is 0. The molecule has 0 fully saturated rings. The maximum Gasteiger partial charge on any atom is 0.331 e. The molecule has 1 aromatic heterocycles. The number of hydrogen-bond donors (Lipinski definition) is 3. The first-order valence-corrected chi connectivity index (χ1v) is 6.48. The summed E-state index contributed by atoms with van der Waals surface area (Å²) in [6.45, 7) is -0.759. The molecule has 0 saturated heterocycles. The smallest absolute Gasteiger partial charge is 0.331 e. The molecule has 18 heavy (non-hydrogen) atoms. The van der Waals surface area contributed by atoms with Crippen molar-refractivity contribution in [2.24, 2.45) is 0 Å². The van der Waals surface area contributed by atoms with Crippen molar-refractivity contribution in [2.75, 3.05) is 19.0 Å². The van der Waals surface area contributed by atoms with Crippen LogP contribution in [0.15, 0.2) is 14.6 Å². The number of ether oxygens (including phenoxy) is 1. The van der Waals surface area contributed by atoms with Crippen LogP contribution in [0.1, 0.15) is 5.56 Å². The standard InChI is InChI=1S/C10H14N2O5S/c13-3-6(4-14)17-5-12-9-7(1-2-18-9)8(15)11-10(12)16/h6,13-14H,1-5H2,(H,11,15,16). The molecular formula is C10H14N2O5S. The minimum Gasteiger partial charge on any atom is -0.394 e. The number of hydrogen-bond acceptors (Lipinski definition) is 6. The third-order valence-corrected chi connectivity index (χ3v) is 3.83. The van der Waals surface area contributed by atoms with Gasteiger partial charge in [-0.2, -0.15) is 0 Å². The van der Waals surface area contributed by atoms with Gasteiger partial charge in [-0.15, -0.1) is 11.8 Å². The number of rotatable bonds is 5. The van der Waals surface area contributed by atoms with E-state index in [1.54, 1.807) is 0 Å². The summed E-state index contributed by atoms with van der Waals surface area (Å²) in [5.74, 6) is 0.755. The van der Waals surface area contributed by atoms with Crippen LogP contribution >= 0.6 is 11.8 Å². The molecule has 100 valence electrons. The van der Waals surface area contributed by atoms with E-state index in [0.717, 1.165) is 5.75 Å². The topological polar surface area (TPSA) is 105 Å². The first-order valence-electron chi connectivity index (χ1n) is 5.49. The predicted octanol–water partition coefficient (Wildman–Crippen LogP) is -1.49. The van der Waals surface area contributed by atoms with E-state index in [-0.39, 0.29) is 25.5 Å². The van der Waals surface area contributed by atoms with Gasteiger partial charge in [0.15, 0.2) is 0 Å². The first kappa shape index (κ1) is 13.3. The molecule has 0 unspecified atom stereocenters. The lowest BCUT2D eigenvalue weighted by molar-refractivity contribution is -0.0538. The van der Waals surface area contributed by atoms with E-state index < -0.39 is 11.8 Å². The second-order valence-corrected chi connectivity index (χ2v) is 4.94. The molecule has 1 aliphatic rings. The molecule has 2 heterocycles. The van der Waals surface area contributed by atoms with Crippen molar-refractivity contribution in [3.8, 4) is 0 Å². The zero-order valence-corrected chi connectivity index (χ0v) is 10.4. The summed E-state index contributed by atoms with van der Waals surface area (Å²) in [5.41, 5.74) is -0.298. The van der Waals surface area contributed by atoms with E-state index >= 15 is 0 Å². The second-order valence-electron chi connectivity index (χ2n) is 3.85. The normalized spacial score (nSPS) is 14.2. The molecule has 0 aromatic carbocycles. The van der Waals surface area contributed by atoms with Crippen LogP contribution in [0.3, 0.4) is 0 Å². The van der Waals surface area contributed by atoms with Crippen LogP contribution in [0, 0.1) is 0 Å². The third-order valence-electron chi connectivity index (χ3n) is 2.68. The maximum atomic E-state index is 11.7. The summed E-state index contributed by atoms with van der Waals surface area (Å²) < 4.78 is 6.51. The van der Waals surface area contributed by atoms with Crippen molar-refractivity contribution in [3.63, 3.8) is 0 Å². The molecule has 7 nitrogen and oxygen atoms in total. The average Bonchev–Trinajstić information content (AvgIpc) is 2.83. The van der Waals surface area contributed by atoms with Crippen LogP contribution in [0.2, 0.25) is 0 Å². The van der Waals surface area contributed by atoms with E-state index in [2.05, 4.69) is 4.98 Å². The SMILES string of the molecule is O=c1[nH]c(=O)n(COC(CO)CO)c2c1CCS2. The third kappa shape index (κ3) is 2.51. The lowest BCUT2D eigenvalue weighted by Gasteiger charge is -2.15. The number of aromatic amines is 1. The van der Waals surface area contributed by atoms with Gasteiger partial charge in [0.25, 0.3) is 5.56 Å². The van der Waals surface area contributed by atoms with Gasteiger partial charge in [0, 0.05) is 11.3 Å². The van der Waals surface area contributed by atoms with Crippen LogP contribution in [-0.2, 0) is 17.9 Å². The Labute approximate surface area is 106 Å². The molecule has 1 aromatic rings. The Hall–Kier alpha value is -1.09. The van der Waals surface area contributed by atoms with Crippen molar-refractivity contribution in [2.45, 2.75) is 24.3 Å². The van der Waals surface area contributed by atoms with Crippen LogP contribution in [0.25, 0.3) is 0 Å². The number of thioether (sulfide) groups is 1. The molecule has 0 radical (unpaired) electrons. The summed E-state index contributed by atoms with van der Waals surface area (Å²) >= 11 is 1.43. The lowest BCUT2D eigenvalue weighted by Crippen LogP contribution is -2.35. The van der Waals surface area contributed by atoms with Crippen LogP contribution < -0.4 is 11.2 Å². The first-order chi connectivity index (χ1) is 8.67. The van der Waals surface area contributed by atoms with Crippen molar-refractivity contribution < 1.29 is 14.9 Å². The van der Waals surface area contributed by atoms with Crippen LogP contribution in [0.5, 0.6) is 0 Å². The zero-order chi connectivity index (χ0) is 13.1. The number of fused-ring (bicyclic) bond motifs is 1. The van der Waals surface area contributed by atoms with Gasteiger partial charge >= 0.3 is 5.69 Å². The van der Waals surface area contributed by atoms with E-state index in [0.29, 0.717) is 17.0 Å². The van der Waals surface area contributed by atoms with E-state index in [4.69, 9.17) is 14.9 Å². The van der Waals surface area contributed by atoms with Crippen molar-refractivity contribution in [3.05, 3.63) is 26.4 Å². The molecule has 3 N–H and O–H groups in total. The van der Waals surface area contributed by atoms with Gasteiger partial charge in [-0.1, -0.05) is 0 Å². The van der Waals surface area contributed by atoms with Gasteiger partial charge in [-0.25, -0.2) is 4.79 Å². The Morgan fingerprint density at radius 3 is 2.78 bits per heavy atom. The molecule has 0 saturated carbocycles. The number of H-pyrrole nitrogens is 1. The molecule has 0 spiro atoms. The highest BCUT2D eigenvalue weighted by atomic mass is 32.2. The van der Waals surface area contributed by atoms with E-state index in [1.807, 2.05) is 0 Å². The number of aromatic nitrogens is 2. The number of aliphatic hydroxyl groups is 2. The Balaban J connectivity index is 2.26. The zero-order valence-electron chi connectivity index (χ0n) is 9.59. The average molecular weight is 274 g/mol. The number of nitrogens with one attached hydrogen (secondary N) is 1. The quantitative estimate of drug-likeness (QED) is 0.565. The number of aliphatic hydroxyl groups excluding tert-OH is 2. The summed E-state index contributed by atoms with van der Waals surface area (Å²) in [7, 11) is 0. The molecule has 0 amide bonds. The summed E-state index contributed by atoms with van der Waals surface area (Å²) in [5, 5.41) is 18.4.